The van der Waals surface area contributed by atoms with Gasteiger partial charge in [-0.1, -0.05) is 24.9 Å². The fourth-order valence-electron chi connectivity index (χ4n) is 1.16. The van der Waals surface area contributed by atoms with E-state index in [0.29, 0.717) is 6.54 Å². The summed E-state index contributed by atoms with van der Waals surface area (Å²) in [4.78, 5) is 14.8. The standard InChI is InChI=1S/C10H14ClN3O3S/c1-2-3-6-13-10(15)14-18(16,17)8-5-4-7-12-9(8)11/h4-5,7H,2-3,6H2,1H3,(H2,13,14,15). The molecule has 0 fully saturated rings. The molecule has 2 amide bonds. The Kier molecular flexibility index (Phi) is 5.36. The number of halogens is 1. The van der Waals surface area contributed by atoms with Crippen molar-refractivity contribution in [2.45, 2.75) is 24.7 Å². The van der Waals surface area contributed by atoms with Crippen LogP contribution in [-0.4, -0.2) is 26.0 Å². The second-order valence-corrected chi connectivity index (χ2v) is 5.52. The summed E-state index contributed by atoms with van der Waals surface area (Å²) >= 11 is 5.66. The molecule has 0 aliphatic heterocycles. The van der Waals surface area contributed by atoms with E-state index in [1.54, 1.807) is 0 Å². The van der Waals surface area contributed by atoms with E-state index < -0.39 is 16.1 Å². The van der Waals surface area contributed by atoms with Crippen molar-refractivity contribution in [3.05, 3.63) is 23.5 Å². The van der Waals surface area contributed by atoms with Gasteiger partial charge in [0.25, 0.3) is 10.0 Å². The van der Waals surface area contributed by atoms with Crippen LogP contribution < -0.4 is 10.0 Å². The lowest BCUT2D eigenvalue weighted by Gasteiger charge is -2.08. The number of sulfonamides is 1. The molecule has 8 heteroatoms. The van der Waals surface area contributed by atoms with Gasteiger partial charge in [0.15, 0.2) is 0 Å². The zero-order valence-corrected chi connectivity index (χ0v) is 11.4. The summed E-state index contributed by atoms with van der Waals surface area (Å²) in [6.07, 6.45) is 3.05. The van der Waals surface area contributed by atoms with Crippen LogP contribution >= 0.6 is 11.6 Å². The summed E-state index contributed by atoms with van der Waals surface area (Å²) < 4.78 is 25.5. The largest absolute Gasteiger partial charge is 0.337 e. The molecule has 0 spiro atoms. The Balaban J connectivity index is 2.71. The van der Waals surface area contributed by atoms with Crippen LogP contribution in [0.25, 0.3) is 0 Å². The summed E-state index contributed by atoms with van der Waals surface area (Å²) in [5, 5.41) is 2.26. The monoisotopic (exact) mass is 291 g/mol. The Morgan fingerprint density at radius 3 is 2.83 bits per heavy atom. The molecule has 18 heavy (non-hydrogen) atoms. The molecule has 0 unspecified atom stereocenters. The van der Waals surface area contributed by atoms with Crippen molar-refractivity contribution < 1.29 is 13.2 Å². The average molecular weight is 292 g/mol. The van der Waals surface area contributed by atoms with Crippen molar-refractivity contribution in [3.8, 4) is 0 Å². The molecule has 1 aromatic heterocycles. The minimum atomic E-state index is -3.98. The Labute approximate surface area is 111 Å². The molecule has 0 aromatic carbocycles. The van der Waals surface area contributed by atoms with Crippen LogP contribution in [0.1, 0.15) is 19.8 Å². The van der Waals surface area contributed by atoms with Gasteiger partial charge in [-0.15, -0.1) is 0 Å². The van der Waals surface area contributed by atoms with Crippen molar-refractivity contribution in [2.24, 2.45) is 0 Å². The number of rotatable bonds is 5. The first kappa shape index (κ1) is 14.7. The SMILES string of the molecule is CCCCNC(=O)NS(=O)(=O)c1cccnc1Cl. The number of pyridine rings is 1. The van der Waals surface area contributed by atoms with Gasteiger partial charge >= 0.3 is 6.03 Å². The number of aromatic nitrogens is 1. The Morgan fingerprint density at radius 1 is 1.50 bits per heavy atom. The zero-order chi connectivity index (χ0) is 13.6. The summed E-state index contributed by atoms with van der Waals surface area (Å²) in [5.74, 6) is 0. The van der Waals surface area contributed by atoms with E-state index in [1.807, 2.05) is 11.6 Å². The highest BCUT2D eigenvalue weighted by Gasteiger charge is 2.20. The predicted molar refractivity (Wildman–Crippen MR) is 67.9 cm³/mol. The van der Waals surface area contributed by atoms with Crippen LogP contribution in [0.15, 0.2) is 23.2 Å². The van der Waals surface area contributed by atoms with Crippen molar-refractivity contribution in [3.63, 3.8) is 0 Å². The molecule has 0 atom stereocenters. The lowest BCUT2D eigenvalue weighted by Crippen LogP contribution is -2.39. The van der Waals surface area contributed by atoms with Crippen molar-refractivity contribution in [1.82, 2.24) is 15.0 Å². The van der Waals surface area contributed by atoms with Gasteiger partial charge in [-0.2, -0.15) is 0 Å². The number of nitrogens with one attached hydrogen (secondary N) is 2. The van der Waals surface area contributed by atoms with E-state index in [0.717, 1.165) is 12.8 Å². The summed E-state index contributed by atoms with van der Waals surface area (Å²) in [7, 11) is -3.98. The van der Waals surface area contributed by atoms with Crippen LogP contribution in [0.3, 0.4) is 0 Å². The zero-order valence-electron chi connectivity index (χ0n) is 9.81. The second kappa shape index (κ2) is 6.55. The minimum Gasteiger partial charge on any atom is -0.337 e. The number of amides is 2. The van der Waals surface area contributed by atoms with Gasteiger partial charge in [0, 0.05) is 12.7 Å². The molecule has 100 valence electrons. The third-order valence-corrected chi connectivity index (χ3v) is 3.83. The Hall–Kier alpha value is -1.34. The molecule has 1 heterocycles. The van der Waals surface area contributed by atoms with Gasteiger partial charge in [-0.05, 0) is 18.6 Å². The number of hydrogen-bond acceptors (Lipinski definition) is 4. The smallest absolute Gasteiger partial charge is 0.328 e. The molecule has 0 saturated heterocycles. The Bertz CT molecular complexity index is 519. The van der Waals surface area contributed by atoms with E-state index in [4.69, 9.17) is 11.6 Å². The maximum Gasteiger partial charge on any atom is 0.328 e. The van der Waals surface area contributed by atoms with Crippen LogP contribution in [0.5, 0.6) is 0 Å². The van der Waals surface area contributed by atoms with Crippen molar-refractivity contribution >= 4 is 27.7 Å². The van der Waals surface area contributed by atoms with Gasteiger partial charge in [0.2, 0.25) is 0 Å². The fourth-order valence-corrected chi connectivity index (χ4v) is 2.55. The summed E-state index contributed by atoms with van der Waals surface area (Å²) in [6.45, 7) is 2.38. The van der Waals surface area contributed by atoms with Gasteiger partial charge in [0.1, 0.15) is 10.0 Å². The first-order chi connectivity index (χ1) is 8.47. The van der Waals surface area contributed by atoms with Crippen LogP contribution in [-0.2, 0) is 10.0 Å². The number of carbonyl (C=O) groups is 1. The number of nitrogens with zero attached hydrogens (tertiary/aromatic N) is 1. The lowest BCUT2D eigenvalue weighted by atomic mass is 10.3. The molecular weight excluding hydrogens is 278 g/mol. The van der Waals surface area contributed by atoms with Gasteiger partial charge in [-0.25, -0.2) is 22.9 Å². The third-order valence-electron chi connectivity index (χ3n) is 2.06. The third kappa shape index (κ3) is 4.15. The van der Waals surface area contributed by atoms with Crippen LogP contribution in [0.4, 0.5) is 4.79 Å². The van der Waals surface area contributed by atoms with E-state index >= 15 is 0 Å². The normalized spacial score (nSPS) is 11.0. The molecular formula is C10H14ClN3O3S. The molecule has 1 rings (SSSR count). The molecule has 0 aliphatic carbocycles. The van der Waals surface area contributed by atoms with E-state index in [-0.39, 0.29) is 10.0 Å². The molecule has 0 bridgehead atoms. The predicted octanol–water partition coefficient (Wildman–Crippen LogP) is 1.52. The summed E-state index contributed by atoms with van der Waals surface area (Å²) in [5.41, 5.74) is 0. The highest BCUT2D eigenvalue weighted by molar-refractivity contribution is 7.90. The topological polar surface area (TPSA) is 88.2 Å². The fraction of sp³-hybridized carbons (Fsp3) is 0.400. The number of carbonyl (C=O) groups excluding carboxylic acids is 1. The lowest BCUT2D eigenvalue weighted by molar-refractivity contribution is 0.245. The minimum absolute atomic E-state index is 0.175. The molecule has 0 radical (unpaired) electrons. The van der Waals surface area contributed by atoms with Crippen LogP contribution in [0, 0.1) is 0 Å². The molecule has 0 saturated carbocycles. The second-order valence-electron chi connectivity index (χ2n) is 3.51. The molecule has 2 N–H and O–H groups in total. The highest BCUT2D eigenvalue weighted by atomic mass is 35.5. The maximum atomic E-state index is 11.8. The molecule has 0 aliphatic rings. The van der Waals surface area contributed by atoms with Crippen molar-refractivity contribution in [1.29, 1.82) is 0 Å². The van der Waals surface area contributed by atoms with E-state index in [9.17, 15) is 13.2 Å². The van der Waals surface area contributed by atoms with Crippen LogP contribution in [0.2, 0.25) is 5.15 Å². The van der Waals surface area contributed by atoms with Gasteiger partial charge in [0.05, 0.1) is 0 Å². The number of urea groups is 1. The van der Waals surface area contributed by atoms with E-state index in [1.165, 1.54) is 18.3 Å². The highest BCUT2D eigenvalue weighted by Crippen LogP contribution is 2.17. The average Bonchev–Trinajstić information content (AvgIpc) is 2.29. The van der Waals surface area contributed by atoms with Crippen molar-refractivity contribution in [2.75, 3.05) is 6.54 Å². The van der Waals surface area contributed by atoms with Gasteiger partial charge in [-0.3, -0.25) is 0 Å². The first-order valence-corrected chi connectivity index (χ1v) is 7.24. The Morgan fingerprint density at radius 2 is 2.22 bits per heavy atom. The number of hydrogen-bond donors (Lipinski definition) is 2. The quantitative estimate of drug-likeness (QED) is 0.636. The van der Waals surface area contributed by atoms with Gasteiger partial charge < -0.3 is 5.32 Å². The van der Waals surface area contributed by atoms with E-state index in [2.05, 4.69) is 10.3 Å². The summed E-state index contributed by atoms with van der Waals surface area (Å²) in [6, 6.07) is 1.93. The molecule has 1 aromatic rings. The number of unbranched alkanes of at least 4 members (excludes halogenated alkanes) is 1. The molecule has 6 nitrogen and oxygen atoms in total. The maximum absolute atomic E-state index is 11.8. The first-order valence-electron chi connectivity index (χ1n) is 5.38.